The maximum Gasteiger partial charge on any atom is 0.234 e. The number of unbranched alkanes of at least 4 members (excludes halogenated alkanes) is 1. The molecule has 0 aliphatic rings. The number of rotatable bonds is 10. The normalized spacial score (nSPS) is 10.9. The number of thioether (sulfide) groups is 1. The van der Waals surface area contributed by atoms with Crippen molar-refractivity contribution in [3.63, 3.8) is 0 Å². The first kappa shape index (κ1) is 21.8. The third kappa shape index (κ3) is 5.64. The van der Waals surface area contributed by atoms with E-state index in [4.69, 9.17) is 4.42 Å². The summed E-state index contributed by atoms with van der Waals surface area (Å²) < 4.78 is 7.45. The number of carbonyl (C=O) groups excluding carboxylic acids is 1. The topological polar surface area (TPSA) is 85.8 Å². The van der Waals surface area contributed by atoms with E-state index in [2.05, 4.69) is 39.6 Å². The number of pyridine rings is 1. The molecule has 0 bridgehead atoms. The van der Waals surface area contributed by atoms with Crippen LogP contribution in [0, 0.1) is 0 Å². The Morgan fingerprint density at radius 2 is 2.00 bits per heavy atom. The van der Waals surface area contributed by atoms with E-state index in [0.29, 0.717) is 17.5 Å². The lowest BCUT2D eigenvalue weighted by Gasteiger charge is -2.09. The summed E-state index contributed by atoms with van der Waals surface area (Å²) in [6, 6.07) is 15.6. The van der Waals surface area contributed by atoms with E-state index in [0.717, 1.165) is 23.4 Å². The van der Waals surface area contributed by atoms with Crippen LogP contribution in [0.5, 0.6) is 0 Å². The Morgan fingerprint density at radius 3 is 2.72 bits per heavy atom. The predicted octanol–water partition coefficient (Wildman–Crippen LogP) is 5.05. The van der Waals surface area contributed by atoms with Crippen molar-refractivity contribution in [3.8, 4) is 11.4 Å². The van der Waals surface area contributed by atoms with E-state index in [1.165, 1.54) is 30.2 Å². The van der Waals surface area contributed by atoms with Gasteiger partial charge in [-0.05, 0) is 54.8 Å². The van der Waals surface area contributed by atoms with Gasteiger partial charge < -0.3 is 9.73 Å². The number of carbonyl (C=O) groups is 1. The number of benzene rings is 1. The molecule has 0 spiro atoms. The van der Waals surface area contributed by atoms with Crippen LogP contribution in [0.4, 0.5) is 5.69 Å². The lowest BCUT2D eigenvalue weighted by atomic mass is 10.1. The number of hydrogen-bond donors (Lipinski definition) is 1. The maximum atomic E-state index is 12.5. The average Bonchev–Trinajstić information content (AvgIpc) is 3.48. The van der Waals surface area contributed by atoms with E-state index < -0.39 is 0 Å². The molecule has 0 radical (unpaired) electrons. The highest BCUT2D eigenvalue weighted by Gasteiger charge is 2.17. The van der Waals surface area contributed by atoms with E-state index >= 15 is 0 Å². The smallest absolute Gasteiger partial charge is 0.234 e. The number of hydrogen-bond acceptors (Lipinski definition) is 6. The summed E-state index contributed by atoms with van der Waals surface area (Å²) in [7, 11) is 0. The Balaban J connectivity index is 1.43. The molecule has 0 unspecified atom stereocenters. The number of amides is 1. The Labute approximate surface area is 191 Å². The monoisotopic (exact) mass is 447 g/mol. The van der Waals surface area contributed by atoms with Gasteiger partial charge in [-0.2, -0.15) is 0 Å². The van der Waals surface area contributed by atoms with Crippen molar-refractivity contribution in [3.05, 3.63) is 78.5 Å². The number of anilines is 1. The molecular weight excluding hydrogens is 422 g/mol. The van der Waals surface area contributed by atoms with Crippen molar-refractivity contribution in [2.24, 2.45) is 0 Å². The Morgan fingerprint density at radius 1 is 1.12 bits per heavy atom. The molecule has 1 amide bonds. The molecule has 7 nitrogen and oxygen atoms in total. The summed E-state index contributed by atoms with van der Waals surface area (Å²) in [6.45, 7) is 2.65. The third-order valence-electron chi connectivity index (χ3n) is 4.92. The van der Waals surface area contributed by atoms with E-state index in [1.54, 1.807) is 18.7 Å². The average molecular weight is 448 g/mol. The molecule has 4 aromatic rings. The molecule has 164 valence electrons. The lowest BCUT2D eigenvalue weighted by molar-refractivity contribution is -0.113. The fraction of sp³-hybridized carbons (Fsp3) is 0.250. The Hall–Kier alpha value is -3.39. The minimum Gasteiger partial charge on any atom is -0.467 e. The standard InChI is InChI=1S/C24H25N5O2S/c1-2-3-6-18-9-11-20(12-10-18)26-22(30)17-32-24-28-27-23(19-7-4-13-25-15-19)29(24)16-21-8-5-14-31-21/h4-5,7-15H,2-3,6,16-17H2,1H3,(H,26,30). The van der Waals surface area contributed by atoms with Crippen LogP contribution in [0.2, 0.25) is 0 Å². The van der Waals surface area contributed by atoms with Gasteiger partial charge in [0, 0.05) is 23.6 Å². The zero-order chi connectivity index (χ0) is 22.2. The van der Waals surface area contributed by atoms with Gasteiger partial charge in [0.05, 0.1) is 18.6 Å². The van der Waals surface area contributed by atoms with Crippen LogP contribution >= 0.6 is 11.8 Å². The van der Waals surface area contributed by atoms with E-state index in [-0.39, 0.29) is 11.7 Å². The van der Waals surface area contributed by atoms with Crippen molar-refractivity contribution >= 4 is 23.4 Å². The highest BCUT2D eigenvalue weighted by molar-refractivity contribution is 7.99. The number of aryl methyl sites for hydroxylation is 1. The fourth-order valence-corrected chi connectivity index (χ4v) is 4.01. The van der Waals surface area contributed by atoms with E-state index in [1.807, 2.05) is 41.0 Å². The van der Waals surface area contributed by atoms with Gasteiger partial charge in [0.2, 0.25) is 5.91 Å². The van der Waals surface area contributed by atoms with Crippen LogP contribution in [0.1, 0.15) is 31.1 Å². The van der Waals surface area contributed by atoms with Crippen LogP contribution in [0.3, 0.4) is 0 Å². The minimum absolute atomic E-state index is 0.0909. The zero-order valence-corrected chi connectivity index (χ0v) is 18.7. The highest BCUT2D eigenvalue weighted by atomic mass is 32.2. The number of aromatic nitrogens is 4. The van der Waals surface area contributed by atoms with E-state index in [9.17, 15) is 4.79 Å². The van der Waals surface area contributed by atoms with Crippen molar-refractivity contribution in [1.29, 1.82) is 0 Å². The Kier molecular flexibility index (Phi) is 7.34. The van der Waals surface area contributed by atoms with Gasteiger partial charge in [-0.15, -0.1) is 10.2 Å². The van der Waals surface area contributed by atoms with Crippen LogP contribution in [0.25, 0.3) is 11.4 Å². The molecule has 1 N–H and O–H groups in total. The largest absolute Gasteiger partial charge is 0.467 e. The molecule has 1 aromatic carbocycles. The van der Waals surface area contributed by atoms with Crippen LogP contribution in [0.15, 0.2) is 76.8 Å². The van der Waals surface area contributed by atoms with Gasteiger partial charge in [0.15, 0.2) is 11.0 Å². The molecule has 0 atom stereocenters. The summed E-state index contributed by atoms with van der Waals surface area (Å²) in [6.07, 6.45) is 8.49. The van der Waals surface area contributed by atoms with Crippen molar-refractivity contribution in [1.82, 2.24) is 19.7 Å². The van der Waals surface area contributed by atoms with Crippen LogP contribution < -0.4 is 5.32 Å². The van der Waals surface area contributed by atoms with Crippen LogP contribution in [-0.4, -0.2) is 31.4 Å². The number of furan rings is 1. The molecule has 8 heteroatoms. The predicted molar refractivity (Wildman–Crippen MR) is 125 cm³/mol. The highest BCUT2D eigenvalue weighted by Crippen LogP contribution is 2.25. The molecule has 0 aliphatic carbocycles. The molecule has 0 saturated heterocycles. The van der Waals surface area contributed by atoms with Crippen molar-refractivity contribution < 1.29 is 9.21 Å². The third-order valence-corrected chi connectivity index (χ3v) is 5.89. The lowest BCUT2D eigenvalue weighted by Crippen LogP contribution is -2.14. The molecule has 0 aliphatic heterocycles. The van der Waals surface area contributed by atoms with Crippen LogP contribution in [-0.2, 0) is 17.8 Å². The summed E-state index contributed by atoms with van der Waals surface area (Å²) in [5.74, 6) is 1.59. The quantitative estimate of drug-likeness (QED) is 0.342. The Bertz CT molecular complexity index is 1130. The second-order valence-electron chi connectivity index (χ2n) is 7.35. The van der Waals surface area contributed by atoms with Gasteiger partial charge in [-0.25, -0.2) is 0 Å². The summed E-state index contributed by atoms with van der Waals surface area (Å²) in [5.41, 5.74) is 2.93. The molecular formula is C24H25N5O2S. The summed E-state index contributed by atoms with van der Waals surface area (Å²) >= 11 is 1.34. The zero-order valence-electron chi connectivity index (χ0n) is 17.9. The first-order valence-corrected chi connectivity index (χ1v) is 11.6. The van der Waals surface area contributed by atoms with Gasteiger partial charge in [0.25, 0.3) is 0 Å². The second kappa shape index (κ2) is 10.8. The second-order valence-corrected chi connectivity index (χ2v) is 8.29. The SMILES string of the molecule is CCCCc1ccc(NC(=O)CSc2nnc(-c3cccnc3)n2Cc2ccco2)cc1. The molecule has 3 aromatic heterocycles. The van der Waals surface area contributed by atoms with Gasteiger partial charge >= 0.3 is 0 Å². The van der Waals surface area contributed by atoms with Crippen molar-refractivity contribution in [2.75, 3.05) is 11.1 Å². The summed E-state index contributed by atoms with van der Waals surface area (Å²) in [5, 5.41) is 12.3. The molecule has 0 fully saturated rings. The maximum absolute atomic E-state index is 12.5. The fourth-order valence-electron chi connectivity index (χ4n) is 3.27. The van der Waals surface area contributed by atoms with Gasteiger partial charge in [0.1, 0.15) is 5.76 Å². The first-order chi connectivity index (χ1) is 15.7. The summed E-state index contributed by atoms with van der Waals surface area (Å²) in [4.78, 5) is 16.7. The molecule has 32 heavy (non-hydrogen) atoms. The minimum atomic E-state index is -0.0909. The molecule has 4 rings (SSSR count). The number of nitrogens with one attached hydrogen (secondary N) is 1. The van der Waals surface area contributed by atoms with Gasteiger partial charge in [-0.3, -0.25) is 14.3 Å². The first-order valence-electron chi connectivity index (χ1n) is 10.6. The molecule has 0 saturated carbocycles. The molecule has 3 heterocycles. The number of nitrogens with zero attached hydrogens (tertiary/aromatic N) is 4. The van der Waals surface area contributed by atoms with Crippen molar-refractivity contribution in [2.45, 2.75) is 37.9 Å². The van der Waals surface area contributed by atoms with Gasteiger partial charge in [-0.1, -0.05) is 37.2 Å².